The van der Waals surface area contributed by atoms with Crippen molar-refractivity contribution in [2.24, 2.45) is 10.7 Å². The van der Waals surface area contributed by atoms with Gasteiger partial charge in [-0.2, -0.15) is 13.2 Å². The van der Waals surface area contributed by atoms with Crippen LogP contribution in [0.1, 0.15) is 27.0 Å². The molecule has 0 spiro atoms. The Hall–Kier alpha value is -3.58. The van der Waals surface area contributed by atoms with Gasteiger partial charge in [0.15, 0.2) is 0 Å². The van der Waals surface area contributed by atoms with Gasteiger partial charge in [0.05, 0.1) is 28.6 Å². The Balaban J connectivity index is 1.80. The zero-order chi connectivity index (χ0) is 24.7. The van der Waals surface area contributed by atoms with E-state index in [0.29, 0.717) is 12.0 Å². The van der Waals surface area contributed by atoms with Gasteiger partial charge in [-0.25, -0.2) is 9.79 Å². The average molecular weight is 487 g/mol. The number of ether oxygens (including phenoxy) is 1. The first-order valence-electron chi connectivity index (χ1n) is 10.3. The molecule has 0 atom stereocenters. The van der Waals surface area contributed by atoms with Gasteiger partial charge in [0.2, 0.25) is 0 Å². The average Bonchev–Trinajstić information content (AvgIpc) is 2.80. The number of nitrogens with two attached hydrogens (primary N) is 1. The molecule has 0 bridgehead atoms. The normalized spacial score (nSPS) is 12.5. The monoisotopic (exact) mass is 486 g/mol. The first-order valence-corrected chi connectivity index (χ1v) is 10.7. The number of rotatable bonds is 7. The predicted octanol–water partition coefficient (Wildman–Crippen LogP) is 6.57. The number of alkyl halides is 3. The Morgan fingerprint density at radius 3 is 2.26 bits per heavy atom. The van der Waals surface area contributed by atoms with Crippen LogP contribution < -0.4 is 5.73 Å². The molecule has 2 N–H and O–H groups in total. The molecule has 0 aromatic heterocycles. The molecular weight excluding hydrogens is 465 g/mol. The summed E-state index contributed by atoms with van der Waals surface area (Å²) in [4.78, 5) is 16.7. The second-order valence-electron chi connectivity index (χ2n) is 7.44. The molecule has 34 heavy (non-hydrogen) atoms. The molecule has 0 unspecified atom stereocenters. The number of hydrogen-bond donors (Lipinski definition) is 1. The number of carbonyl (C=O) groups excluding carboxylic acids is 1. The van der Waals surface area contributed by atoms with Crippen molar-refractivity contribution in [3.8, 4) is 0 Å². The summed E-state index contributed by atoms with van der Waals surface area (Å²) in [5.41, 5.74) is 6.92. The maximum atomic E-state index is 13.0. The van der Waals surface area contributed by atoms with Crippen molar-refractivity contribution >= 4 is 29.0 Å². The third-order valence-corrected chi connectivity index (χ3v) is 5.31. The summed E-state index contributed by atoms with van der Waals surface area (Å²) in [6.45, 7) is 2.19. The summed E-state index contributed by atoms with van der Waals surface area (Å²) < 4.78 is 44.5. The Labute approximate surface area is 200 Å². The third kappa shape index (κ3) is 6.71. The van der Waals surface area contributed by atoms with Crippen LogP contribution in [-0.4, -0.2) is 24.5 Å². The Morgan fingerprint density at radius 2 is 1.62 bits per heavy atom. The number of aliphatic imine (C=N–C) groups is 1. The molecule has 0 saturated carbocycles. The maximum absolute atomic E-state index is 13.0. The van der Waals surface area contributed by atoms with Gasteiger partial charge in [-0.1, -0.05) is 60.1 Å². The van der Waals surface area contributed by atoms with Crippen LogP contribution in [0.2, 0.25) is 5.02 Å². The van der Waals surface area contributed by atoms with E-state index in [4.69, 9.17) is 22.1 Å². The zero-order valence-electron chi connectivity index (χ0n) is 18.3. The fraction of sp³-hybridized carbons (Fsp3) is 0.154. The first kappa shape index (κ1) is 25.1. The molecule has 0 aliphatic carbocycles. The molecule has 0 radical (unpaired) electrons. The third-order valence-electron chi connectivity index (χ3n) is 5.00. The van der Waals surface area contributed by atoms with E-state index in [1.54, 1.807) is 24.3 Å². The number of carbonyl (C=O) groups is 1. The zero-order valence-corrected chi connectivity index (χ0v) is 19.0. The van der Waals surface area contributed by atoms with E-state index in [1.807, 2.05) is 31.2 Å². The lowest BCUT2D eigenvalue weighted by Gasteiger charge is -2.10. The minimum Gasteiger partial charge on any atom is -0.462 e. The lowest BCUT2D eigenvalue weighted by atomic mass is 10.1. The van der Waals surface area contributed by atoms with E-state index in [1.165, 1.54) is 24.3 Å². The van der Waals surface area contributed by atoms with Gasteiger partial charge in [-0.3, -0.25) is 0 Å². The van der Waals surface area contributed by atoms with Crippen LogP contribution >= 0.6 is 11.6 Å². The van der Waals surface area contributed by atoms with E-state index < -0.39 is 17.8 Å². The number of hydrogen-bond acceptors (Lipinski definition) is 4. The summed E-state index contributed by atoms with van der Waals surface area (Å²) in [5, 5.41) is 0.271. The smallest absolute Gasteiger partial charge is 0.430 e. The Bertz CT molecular complexity index is 1220. The minimum atomic E-state index is -4.72. The summed E-state index contributed by atoms with van der Waals surface area (Å²) in [6, 6.07) is 20.2. The van der Waals surface area contributed by atoms with Crippen LogP contribution in [0.3, 0.4) is 0 Å². The van der Waals surface area contributed by atoms with Gasteiger partial charge >= 0.3 is 12.1 Å². The van der Waals surface area contributed by atoms with Crippen molar-refractivity contribution in [3.63, 3.8) is 0 Å². The van der Waals surface area contributed by atoms with E-state index in [-0.39, 0.29) is 28.6 Å². The molecule has 4 nitrogen and oxygen atoms in total. The SMILES string of the molecule is Cc1ccccc1CCOC(=O)c1ccc(C(/C=C(\N)C(F)(F)F)=Nc2ccccc2Cl)cc1. The lowest BCUT2D eigenvalue weighted by molar-refractivity contribution is -0.0925. The van der Waals surface area contributed by atoms with Gasteiger partial charge in [-0.15, -0.1) is 0 Å². The molecule has 0 aliphatic heterocycles. The topological polar surface area (TPSA) is 64.7 Å². The molecule has 0 amide bonds. The van der Waals surface area contributed by atoms with Crippen LogP contribution in [0.25, 0.3) is 0 Å². The van der Waals surface area contributed by atoms with Crippen molar-refractivity contribution in [1.82, 2.24) is 0 Å². The first-order chi connectivity index (χ1) is 16.1. The molecule has 3 aromatic carbocycles. The highest BCUT2D eigenvalue weighted by molar-refractivity contribution is 6.33. The largest absolute Gasteiger partial charge is 0.462 e. The van der Waals surface area contributed by atoms with Crippen LogP contribution in [0.5, 0.6) is 0 Å². The molecule has 0 heterocycles. The number of allylic oxidation sites excluding steroid dienone is 2. The molecule has 3 aromatic rings. The van der Waals surface area contributed by atoms with Gasteiger partial charge in [0, 0.05) is 12.0 Å². The van der Waals surface area contributed by atoms with Gasteiger partial charge in [0.1, 0.15) is 5.70 Å². The summed E-state index contributed by atoms with van der Waals surface area (Å²) >= 11 is 6.11. The number of nitrogens with zero attached hydrogens (tertiary/aromatic N) is 1. The number of benzene rings is 3. The molecular formula is C26H22ClF3N2O2. The van der Waals surface area contributed by atoms with Crippen LogP contribution in [0.4, 0.5) is 18.9 Å². The molecule has 0 aliphatic rings. The van der Waals surface area contributed by atoms with Crippen molar-refractivity contribution in [1.29, 1.82) is 0 Å². The van der Waals surface area contributed by atoms with Gasteiger partial charge in [-0.05, 0) is 48.4 Å². The van der Waals surface area contributed by atoms with Crippen LogP contribution in [-0.2, 0) is 11.2 Å². The number of aryl methyl sites for hydroxylation is 1. The molecule has 0 fully saturated rings. The lowest BCUT2D eigenvalue weighted by Crippen LogP contribution is -2.21. The van der Waals surface area contributed by atoms with Crippen LogP contribution in [0, 0.1) is 6.92 Å². The number of para-hydroxylation sites is 1. The Morgan fingerprint density at radius 1 is 1.00 bits per heavy atom. The van der Waals surface area contributed by atoms with E-state index in [0.717, 1.165) is 17.2 Å². The highest BCUT2D eigenvalue weighted by atomic mass is 35.5. The fourth-order valence-electron chi connectivity index (χ4n) is 3.09. The van der Waals surface area contributed by atoms with Crippen molar-refractivity contribution in [3.05, 3.63) is 112 Å². The summed E-state index contributed by atoms with van der Waals surface area (Å²) in [6.07, 6.45) is -3.41. The van der Waals surface area contributed by atoms with E-state index in [2.05, 4.69) is 4.99 Å². The standard InChI is InChI=1S/C26H22ClF3N2O2/c1-17-6-2-3-7-18(17)14-15-34-25(33)20-12-10-19(11-13-20)23(16-24(31)26(28,29)30)32-22-9-5-4-8-21(22)27/h2-13,16H,14-15,31H2,1H3/b24-16-,32-23?. The predicted molar refractivity (Wildman–Crippen MR) is 128 cm³/mol. The highest BCUT2D eigenvalue weighted by Crippen LogP contribution is 2.27. The van der Waals surface area contributed by atoms with E-state index >= 15 is 0 Å². The fourth-order valence-corrected chi connectivity index (χ4v) is 3.26. The number of halogens is 4. The molecule has 3 rings (SSSR count). The minimum absolute atomic E-state index is 0.0533. The molecule has 176 valence electrons. The summed E-state index contributed by atoms with van der Waals surface area (Å²) in [7, 11) is 0. The summed E-state index contributed by atoms with van der Waals surface area (Å²) in [5.74, 6) is -0.532. The second-order valence-corrected chi connectivity index (χ2v) is 7.84. The molecule has 8 heteroatoms. The van der Waals surface area contributed by atoms with Crippen molar-refractivity contribution < 1.29 is 22.7 Å². The van der Waals surface area contributed by atoms with Gasteiger partial charge in [0.25, 0.3) is 0 Å². The second kappa shape index (κ2) is 11.0. The molecule has 0 saturated heterocycles. The van der Waals surface area contributed by atoms with E-state index in [9.17, 15) is 18.0 Å². The maximum Gasteiger partial charge on any atom is 0.430 e. The Kier molecular flexibility index (Phi) is 8.12. The van der Waals surface area contributed by atoms with Crippen LogP contribution in [0.15, 0.2) is 89.6 Å². The van der Waals surface area contributed by atoms with Gasteiger partial charge < -0.3 is 10.5 Å². The van der Waals surface area contributed by atoms with Crippen molar-refractivity contribution in [2.45, 2.75) is 19.5 Å². The quantitative estimate of drug-likeness (QED) is 0.303. The highest BCUT2D eigenvalue weighted by Gasteiger charge is 2.31. The number of esters is 1. The van der Waals surface area contributed by atoms with Crippen molar-refractivity contribution in [2.75, 3.05) is 6.61 Å².